The van der Waals surface area contributed by atoms with Crippen LogP contribution in [0.2, 0.25) is 0 Å². The minimum Gasteiger partial charge on any atom is -0.396 e. The lowest BCUT2D eigenvalue weighted by molar-refractivity contribution is 0.192. The number of hydrogen-bond acceptors (Lipinski definition) is 5. The molecule has 0 unspecified atom stereocenters. The van der Waals surface area contributed by atoms with Crippen LogP contribution >= 0.6 is 0 Å². The zero-order chi connectivity index (χ0) is 23.5. The second kappa shape index (κ2) is 27.0. The van der Waals surface area contributed by atoms with Gasteiger partial charge in [-0.2, -0.15) is 0 Å². The minimum atomic E-state index is 0.253. The van der Waals surface area contributed by atoms with Crippen LogP contribution in [-0.4, -0.2) is 66.2 Å². The molecule has 0 aromatic heterocycles. The Morgan fingerprint density at radius 1 is 0.438 bits per heavy atom. The van der Waals surface area contributed by atoms with E-state index < -0.39 is 0 Å². The van der Waals surface area contributed by atoms with Gasteiger partial charge in [-0.15, -0.1) is 0 Å². The molecule has 0 amide bonds. The summed E-state index contributed by atoms with van der Waals surface area (Å²) in [6, 6.07) is 0. The summed E-state index contributed by atoms with van der Waals surface area (Å²) in [6.45, 7) is 4.42. The van der Waals surface area contributed by atoms with Crippen LogP contribution in [0.4, 0.5) is 0 Å². The molecule has 0 atom stereocenters. The van der Waals surface area contributed by atoms with Crippen LogP contribution in [0.1, 0.15) is 122 Å². The topological polar surface area (TPSA) is 90.0 Å². The lowest BCUT2D eigenvalue weighted by Gasteiger charge is -2.20. The Balaban J connectivity index is 3.28. The summed E-state index contributed by atoms with van der Waals surface area (Å²) in [5.41, 5.74) is 5.59. The molecule has 0 saturated heterocycles. The van der Waals surface area contributed by atoms with Crippen LogP contribution in [0.5, 0.6) is 0 Å². The molecule has 0 rings (SSSR count). The first-order valence-electron chi connectivity index (χ1n) is 14.0. The Labute approximate surface area is 200 Å². The molecule has 0 saturated carbocycles. The molecule has 0 aromatic rings. The van der Waals surface area contributed by atoms with E-state index in [4.69, 9.17) is 21.1 Å². The Kier molecular flexibility index (Phi) is 26.9. The van der Waals surface area contributed by atoms with Crippen LogP contribution in [0, 0.1) is 5.92 Å². The summed E-state index contributed by atoms with van der Waals surface area (Å²) in [6.07, 6.45) is 24.2. The second-order valence-electron chi connectivity index (χ2n) is 9.69. The number of aliphatic hydroxyl groups excluding tert-OH is 3. The number of nitrogens with zero attached hydrogens (tertiary/aromatic N) is 1. The molecule has 32 heavy (non-hydrogen) atoms. The van der Waals surface area contributed by atoms with E-state index in [-0.39, 0.29) is 19.8 Å². The lowest BCUT2D eigenvalue weighted by atomic mass is 9.94. The fraction of sp³-hybridized carbons (Fsp3) is 1.00. The average Bonchev–Trinajstić information content (AvgIpc) is 2.79. The van der Waals surface area contributed by atoms with Gasteiger partial charge in [0.15, 0.2) is 0 Å². The monoisotopic (exact) mass is 458 g/mol. The standard InChI is InChI=1S/C27H58N2O3/c28-20-16-22-29(23-26-32)21-15-13-11-9-7-5-3-1-2-4-6-8-10-12-14-17-27(18-24-30)19-25-31/h27,30-32H,1-26,28H2. The molecule has 0 heterocycles. The van der Waals surface area contributed by atoms with E-state index in [1.807, 2.05) is 0 Å². The van der Waals surface area contributed by atoms with E-state index in [1.54, 1.807) is 0 Å². The SMILES string of the molecule is NCCCN(CCO)CCCCCCCCCCCCCCCCCC(CCO)CCO. The smallest absolute Gasteiger partial charge is 0.0558 e. The Hall–Kier alpha value is -0.200. The van der Waals surface area contributed by atoms with Crippen molar-refractivity contribution in [1.29, 1.82) is 0 Å². The Bertz CT molecular complexity index is 339. The molecule has 5 nitrogen and oxygen atoms in total. The largest absolute Gasteiger partial charge is 0.396 e. The average molecular weight is 459 g/mol. The van der Waals surface area contributed by atoms with Crippen LogP contribution in [0.3, 0.4) is 0 Å². The van der Waals surface area contributed by atoms with Crippen molar-refractivity contribution in [3.63, 3.8) is 0 Å². The predicted molar refractivity (Wildman–Crippen MR) is 138 cm³/mol. The van der Waals surface area contributed by atoms with E-state index in [2.05, 4.69) is 4.90 Å². The maximum Gasteiger partial charge on any atom is 0.0558 e. The second-order valence-corrected chi connectivity index (χ2v) is 9.69. The van der Waals surface area contributed by atoms with Crippen LogP contribution in [0.25, 0.3) is 0 Å². The summed E-state index contributed by atoms with van der Waals surface area (Å²) >= 11 is 0. The minimum absolute atomic E-state index is 0.253. The van der Waals surface area contributed by atoms with Crippen molar-refractivity contribution in [2.75, 3.05) is 46.0 Å². The van der Waals surface area contributed by atoms with Gasteiger partial charge in [-0.25, -0.2) is 0 Å². The van der Waals surface area contributed by atoms with Crippen LogP contribution in [-0.2, 0) is 0 Å². The molecular formula is C27H58N2O3. The van der Waals surface area contributed by atoms with Gasteiger partial charge in [0.25, 0.3) is 0 Å². The quantitative estimate of drug-likeness (QED) is 0.126. The highest BCUT2D eigenvalue weighted by molar-refractivity contribution is 4.60. The number of nitrogens with two attached hydrogens (primary N) is 1. The van der Waals surface area contributed by atoms with E-state index >= 15 is 0 Å². The van der Waals surface area contributed by atoms with Gasteiger partial charge in [-0.3, -0.25) is 0 Å². The molecule has 0 aromatic carbocycles. The number of hydrogen-bond donors (Lipinski definition) is 4. The van der Waals surface area contributed by atoms with Crippen molar-refractivity contribution in [3.05, 3.63) is 0 Å². The Morgan fingerprint density at radius 2 is 0.844 bits per heavy atom. The fourth-order valence-corrected chi connectivity index (χ4v) is 4.66. The van der Waals surface area contributed by atoms with E-state index in [1.165, 1.54) is 96.3 Å². The van der Waals surface area contributed by atoms with Gasteiger partial charge in [0.05, 0.1) is 6.61 Å². The molecule has 194 valence electrons. The molecule has 0 spiro atoms. The molecule has 0 fully saturated rings. The van der Waals surface area contributed by atoms with Crippen molar-refractivity contribution in [2.45, 2.75) is 122 Å². The highest BCUT2D eigenvalue weighted by atomic mass is 16.3. The van der Waals surface area contributed by atoms with Gasteiger partial charge in [-0.05, 0) is 51.2 Å². The first-order valence-corrected chi connectivity index (χ1v) is 14.0. The number of unbranched alkanes of at least 4 members (excludes halogenated alkanes) is 14. The molecule has 0 bridgehead atoms. The van der Waals surface area contributed by atoms with Gasteiger partial charge >= 0.3 is 0 Å². The summed E-state index contributed by atoms with van der Waals surface area (Å²) in [5, 5.41) is 27.3. The molecule has 5 N–H and O–H groups in total. The van der Waals surface area contributed by atoms with Gasteiger partial charge in [0.1, 0.15) is 0 Å². The first kappa shape index (κ1) is 31.8. The fourth-order valence-electron chi connectivity index (χ4n) is 4.66. The molecule has 5 heteroatoms. The molecular weight excluding hydrogens is 400 g/mol. The number of rotatable bonds is 27. The van der Waals surface area contributed by atoms with Crippen molar-refractivity contribution in [3.8, 4) is 0 Å². The van der Waals surface area contributed by atoms with Gasteiger partial charge < -0.3 is 26.0 Å². The van der Waals surface area contributed by atoms with E-state index in [0.717, 1.165) is 51.9 Å². The first-order chi connectivity index (χ1) is 15.8. The van der Waals surface area contributed by atoms with Gasteiger partial charge in [0, 0.05) is 19.8 Å². The highest BCUT2D eigenvalue weighted by Crippen LogP contribution is 2.18. The molecule has 0 aliphatic rings. The zero-order valence-electron chi connectivity index (χ0n) is 21.3. The third-order valence-corrected chi connectivity index (χ3v) is 6.76. The molecule has 0 aliphatic carbocycles. The maximum atomic E-state index is 9.13. The summed E-state index contributed by atoms with van der Waals surface area (Å²) in [4.78, 5) is 2.35. The summed E-state index contributed by atoms with van der Waals surface area (Å²) in [5.74, 6) is 0.513. The van der Waals surface area contributed by atoms with Crippen molar-refractivity contribution in [1.82, 2.24) is 4.90 Å². The van der Waals surface area contributed by atoms with Crippen molar-refractivity contribution in [2.24, 2.45) is 11.7 Å². The van der Waals surface area contributed by atoms with E-state index in [9.17, 15) is 0 Å². The predicted octanol–water partition coefficient (Wildman–Crippen LogP) is 5.25. The zero-order valence-corrected chi connectivity index (χ0v) is 21.3. The third kappa shape index (κ3) is 23.0. The van der Waals surface area contributed by atoms with Crippen molar-refractivity contribution < 1.29 is 15.3 Å². The van der Waals surface area contributed by atoms with E-state index in [0.29, 0.717) is 5.92 Å². The van der Waals surface area contributed by atoms with Crippen LogP contribution < -0.4 is 5.73 Å². The van der Waals surface area contributed by atoms with Gasteiger partial charge in [0.2, 0.25) is 0 Å². The third-order valence-electron chi connectivity index (χ3n) is 6.76. The van der Waals surface area contributed by atoms with Crippen LogP contribution in [0.15, 0.2) is 0 Å². The lowest BCUT2D eigenvalue weighted by Crippen LogP contribution is -2.30. The summed E-state index contributed by atoms with van der Waals surface area (Å²) < 4.78 is 0. The maximum absolute atomic E-state index is 9.13. The Morgan fingerprint density at radius 3 is 1.25 bits per heavy atom. The van der Waals surface area contributed by atoms with Gasteiger partial charge in [-0.1, -0.05) is 96.3 Å². The summed E-state index contributed by atoms with van der Waals surface area (Å²) in [7, 11) is 0. The molecule has 0 radical (unpaired) electrons. The normalized spacial score (nSPS) is 11.8. The number of aliphatic hydroxyl groups is 3. The van der Waals surface area contributed by atoms with Crippen molar-refractivity contribution >= 4 is 0 Å². The highest BCUT2D eigenvalue weighted by Gasteiger charge is 2.07. The molecule has 0 aliphatic heterocycles.